The highest BCUT2D eigenvalue weighted by atomic mass is 16.1. The number of unbranched alkanes of at least 4 members (excludes halogenated alkanes) is 2. The van der Waals surface area contributed by atoms with E-state index in [0.717, 1.165) is 56.4 Å². The topological polar surface area (TPSA) is 28.5 Å². The van der Waals surface area contributed by atoms with Crippen LogP contribution in [0, 0.1) is 0 Å². The Morgan fingerprint density at radius 3 is 2.29 bits per heavy atom. The van der Waals surface area contributed by atoms with E-state index in [4.69, 9.17) is 0 Å². The highest BCUT2D eigenvalue weighted by Crippen LogP contribution is 2.21. The lowest BCUT2D eigenvalue weighted by Crippen LogP contribution is -2.46. The number of fused-ring (bicyclic) bond motifs is 1. The number of benzene rings is 2. The first kappa shape index (κ1) is 18.8. The molecule has 4 nitrogen and oxygen atoms in total. The highest BCUT2D eigenvalue weighted by Gasteiger charge is 2.16. The van der Waals surface area contributed by atoms with Gasteiger partial charge in [0.05, 0.1) is 0 Å². The van der Waals surface area contributed by atoms with Crippen molar-refractivity contribution in [3.05, 3.63) is 66.4 Å². The summed E-state index contributed by atoms with van der Waals surface area (Å²) in [7, 11) is 0. The highest BCUT2D eigenvalue weighted by molar-refractivity contribution is 5.97. The number of piperazine rings is 1. The SMILES string of the molecule is O=Cc1cn(CCCCCN2CCN(c3ccccc3)CC2)c2ccccc12. The van der Waals surface area contributed by atoms with Crippen molar-refractivity contribution in [2.75, 3.05) is 37.6 Å². The Labute approximate surface area is 167 Å². The quantitative estimate of drug-likeness (QED) is 0.430. The van der Waals surface area contributed by atoms with Crippen molar-refractivity contribution in [3.8, 4) is 0 Å². The van der Waals surface area contributed by atoms with Crippen molar-refractivity contribution in [1.29, 1.82) is 0 Å². The summed E-state index contributed by atoms with van der Waals surface area (Å²) in [6.45, 7) is 6.71. The number of aldehydes is 1. The molecule has 0 N–H and O–H groups in total. The predicted molar refractivity (Wildman–Crippen MR) is 116 cm³/mol. The lowest BCUT2D eigenvalue weighted by molar-refractivity contribution is 0.112. The van der Waals surface area contributed by atoms with Crippen LogP contribution in [0.1, 0.15) is 29.6 Å². The molecule has 1 aromatic heterocycles. The zero-order chi connectivity index (χ0) is 19.2. The van der Waals surface area contributed by atoms with Crippen LogP contribution in [-0.4, -0.2) is 48.5 Å². The first-order chi connectivity index (χ1) is 13.8. The zero-order valence-electron chi connectivity index (χ0n) is 16.5. The summed E-state index contributed by atoms with van der Waals surface area (Å²) in [5, 5.41) is 1.06. The Morgan fingerprint density at radius 1 is 0.786 bits per heavy atom. The van der Waals surface area contributed by atoms with Crippen LogP contribution >= 0.6 is 0 Å². The maximum atomic E-state index is 11.3. The van der Waals surface area contributed by atoms with Crippen molar-refractivity contribution in [2.45, 2.75) is 25.8 Å². The van der Waals surface area contributed by atoms with E-state index in [0.29, 0.717) is 0 Å². The van der Waals surface area contributed by atoms with Gasteiger partial charge in [-0.3, -0.25) is 9.69 Å². The minimum atomic E-state index is 0.798. The van der Waals surface area contributed by atoms with Gasteiger partial charge in [0.25, 0.3) is 0 Å². The Bertz CT molecular complexity index is 895. The second-order valence-corrected chi connectivity index (χ2v) is 7.64. The minimum absolute atomic E-state index is 0.798. The number of hydrogen-bond donors (Lipinski definition) is 0. The summed E-state index contributed by atoms with van der Waals surface area (Å²) in [5.41, 5.74) is 3.31. The third-order valence-electron chi connectivity index (χ3n) is 5.81. The zero-order valence-corrected chi connectivity index (χ0v) is 16.5. The molecule has 0 amide bonds. The molecule has 0 spiro atoms. The second-order valence-electron chi connectivity index (χ2n) is 7.64. The molecule has 1 aliphatic heterocycles. The summed E-state index contributed by atoms with van der Waals surface area (Å²) in [5.74, 6) is 0. The molecule has 1 saturated heterocycles. The molecular weight excluding hydrogens is 346 g/mol. The van der Waals surface area contributed by atoms with Crippen LogP contribution in [0.15, 0.2) is 60.8 Å². The van der Waals surface area contributed by atoms with Gasteiger partial charge >= 0.3 is 0 Å². The number of aromatic nitrogens is 1. The molecule has 2 aromatic carbocycles. The maximum absolute atomic E-state index is 11.3. The molecule has 146 valence electrons. The van der Waals surface area contributed by atoms with Crippen LogP contribution in [0.2, 0.25) is 0 Å². The summed E-state index contributed by atoms with van der Waals surface area (Å²) in [6, 6.07) is 18.9. The molecule has 4 heteroatoms. The molecule has 3 aromatic rings. The van der Waals surface area contributed by atoms with Gasteiger partial charge < -0.3 is 9.47 Å². The van der Waals surface area contributed by atoms with Gasteiger partial charge in [-0.25, -0.2) is 0 Å². The van der Waals surface area contributed by atoms with Gasteiger partial charge in [0.2, 0.25) is 0 Å². The maximum Gasteiger partial charge on any atom is 0.152 e. The fraction of sp³-hybridized carbons (Fsp3) is 0.375. The van der Waals surface area contributed by atoms with Gasteiger partial charge in [-0.05, 0) is 37.6 Å². The lowest BCUT2D eigenvalue weighted by Gasteiger charge is -2.36. The van der Waals surface area contributed by atoms with Gasteiger partial charge in [-0.1, -0.05) is 42.8 Å². The number of hydrogen-bond acceptors (Lipinski definition) is 3. The minimum Gasteiger partial charge on any atom is -0.369 e. The van der Waals surface area contributed by atoms with Gasteiger partial charge in [0.1, 0.15) is 0 Å². The van der Waals surface area contributed by atoms with E-state index in [1.54, 1.807) is 0 Å². The third kappa shape index (κ3) is 4.28. The molecular formula is C24H29N3O. The standard InChI is InChI=1S/C24H29N3O/c28-20-21-19-27(24-12-6-5-11-23(21)24)14-8-2-7-13-25-15-17-26(18-16-25)22-9-3-1-4-10-22/h1,3-6,9-12,19-20H,2,7-8,13-18H2. The normalized spacial score (nSPS) is 15.2. The molecule has 0 unspecified atom stereocenters. The fourth-order valence-electron chi connectivity index (χ4n) is 4.22. The van der Waals surface area contributed by atoms with E-state index in [2.05, 4.69) is 50.8 Å². The summed E-state index contributed by atoms with van der Waals surface area (Å²) < 4.78 is 2.23. The van der Waals surface area contributed by atoms with Gasteiger partial charge in [0, 0.05) is 61.1 Å². The van der Waals surface area contributed by atoms with E-state index in [1.165, 1.54) is 30.6 Å². The molecule has 0 aliphatic carbocycles. The number of anilines is 1. The van der Waals surface area contributed by atoms with Crippen LogP contribution < -0.4 is 4.90 Å². The Balaban J connectivity index is 1.19. The number of carbonyl (C=O) groups is 1. The van der Waals surface area contributed by atoms with E-state index in [9.17, 15) is 4.79 Å². The summed E-state index contributed by atoms with van der Waals surface area (Å²) in [6.07, 6.45) is 6.59. The lowest BCUT2D eigenvalue weighted by atomic mass is 10.2. The average Bonchev–Trinajstić information content (AvgIpc) is 3.12. The number of rotatable bonds is 8. The van der Waals surface area contributed by atoms with Crippen LogP contribution in [0.4, 0.5) is 5.69 Å². The molecule has 28 heavy (non-hydrogen) atoms. The van der Waals surface area contributed by atoms with Crippen molar-refractivity contribution < 1.29 is 4.79 Å². The molecule has 1 fully saturated rings. The largest absolute Gasteiger partial charge is 0.369 e. The average molecular weight is 376 g/mol. The molecule has 0 atom stereocenters. The molecule has 4 rings (SSSR count). The summed E-state index contributed by atoms with van der Waals surface area (Å²) >= 11 is 0. The van der Waals surface area contributed by atoms with Crippen molar-refractivity contribution in [1.82, 2.24) is 9.47 Å². The molecule has 2 heterocycles. The third-order valence-corrected chi connectivity index (χ3v) is 5.81. The van der Waals surface area contributed by atoms with E-state index < -0.39 is 0 Å². The Hall–Kier alpha value is -2.59. The van der Waals surface area contributed by atoms with Gasteiger partial charge in [0.15, 0.2) is 6.29 Å². The van der Waals surface area contributed by atoms with Gasteiger partial charge in [-0.15, -0.1) is 0 Å². The van der Waals surface area contributed by atoms with Crippen molar-refractivity contribution in [3.63, 3.8) is 0 Å². The molecule has 0 saturated carbocycles. The van der Waals surface area contributed by atoms with Gasteiger partial charge in [-0.2, -0.15) is 0 Å². The number of aryl methyl sites for hydroxylation is 1. The Morgan fingerprint density at radius 2 is 1.50 bits per heavy atom. The monoisotopic (exact) mass is 375 g/mol. The van der Waals surface area contributed by atoms with Crippen molar-refractivity contribution >= 4 is 22.9 Å². The summed E-state index contributed by atoms with van der Waals surface area (Å²) in [4.78, 5) is 16.4. The molecule has 0 radical (unpaired) electrons. The number of carbonyl (C=O) groups excluding carboxylic acids is 1. The first-order valence-corrected chi connectivity index (χ1v) is 10.4. The van der Waals surface area contributed by atoms with E-state index in [1.807, 2.05) is 24.4 Å². The first-order valence-electron chi connectivity index (χ1n) is 10.4. The van der Waals surface area contributed by atoms with Crippen molar-refractivity contribution in [2.24, 2.45) is 0 Å². The number of para-hydroxylation sites is 2. The van der Waals surface area contributed by atoms with Crippen LogP contribution in [0.5, 0.6) is 0 Å². The Kier molecular flexibility index (Phi) is 6.07. The van der Waals surface area contributed by atoms with Crippen LogP contribution in [0.3, 0.4) is 0 Å². The number of nitrogens with zero attached hydrogens (tertiary/aromatic N) is 3. The second kappa shape index (κ2) is 9.07. The van der Waals surface area contributed by atoms with E-state index in [-0.39, 0.29) is 0 Å². The van der Waals surface area contributed by atoms with Crippen LogP contribution in [0.25, 0.3) is 10.9 Å². The predicted octanol–water partition coefficient (Wildman–Crippen LogP) is 4.45. The molecule has 1 aliphatic rings. The molecule has 0 bridgehead atoms. The fourth-order valence-corrected chi connectivity index (χ4v) is 4.22. The van der Waals surface area contributed by atoms with E-state index >= 15 is 0 Å². The smallest absolute Gasteiger partial charge is 0.152 e. The van der Waals surface area contributed by atoms with Crippen LogP contribution in [-0.2, 0) is 6.54 Å².